The molecule has 0 radical (unpaired) electrons. The first-order chi connectivity index (χ1) is 34.8. The second kappa shape index (κ2) is 26.3. The van der Waals surface area contributed by atoms with E-state index in [-0.39, 0.29) is 65.3 Å². The number of aliphatic hydroxyl groups is 2. The minimum atomic E-state index is -3.83. The molecule has 4 heterocycles. The molecule has 4 aromatic carbocycles. The average molecular weight is 1020 g/mol. The normalized spacial score (nSPS) is 29.1. The van der Waals surface area contributed by atoms with E-state index >= 15 is 0 Å². The van der Waals surface area contributed by atoms with Crippen LogP contribution in [0.2, 0.25) is 0 Å². The lowest BCUT2D eigenvalue weighted by Crippen LogP contribution is -2.45. The summed E-state index contributed by atoms with van der Waals surface area (Å²) in [5.74, 6) is 0.310. The Bertz CT molecular complexity index is 2380. The van der Waals surface area contributed by atoms with E-state index in [1.54, 1.807) is 72.8 Å². The van der Waals surface area contributed by atoms with Gasteiger partial charge in [0.05, 0.1) is 73.0 Å². The van der Waals surface area contributed by atoms with E-state index in [2.05, 4.69) is 4.72 Å². The maximum absolute atomic E-state index is 13.2. The first kappa shape index (κ1) is 54.1. The van der Waals surface area contributed by atoms with Crippen LogP contribution in [0.5, 0.6) is 17.2 Å². The second-order valence-corrected chi connectivity index (χ2v) is 21.5. The molecule has 0 aromatic heterocycles. The number of phenolic OH excluding ortho intramolecular Hbond substituents is 3. The zero-order valence-corrected chi connectivity index (χ0v) is 41.9. The zero-order valence-electron chi connectivity index (χ0n) is 41.1. The van der Waals surface area contributed by atoms with Gasteiger partial charge >= 0.3 is 0 Å². The number of nitrogens with one attached hydrogen (secondary N) is 1. The standard InChI is InChI=1S/C55H73NO15S/c1-36-30-39(69-54(65-36)47-23-6-9-26-50(47)60)18-13-19-40-34-44(67-52(66-40)35-56-72(62,63)45-20-3-2-4-21-45)32-38(58)15-12-17-42-33-41(70-55(71-42)48-24-7-10-27-51(48)61)16-11-14-37(57)31-43-28-29-64-53(68-43)46-22-5-8-25-49(46)59/h2-10,20-27,36-44,52-61H,11-19,28-35H2,1H3. The van der Waals surface area contributed by atoms with Gasteiger partial charge in [-0.05, 0) is 121 Å². The predicted octanol–water partition coefficient (Wildman–Crippen LogP) is 8.86. The Balaban J connectivity index is 0.826. The molecule has 13 atom stereocenters. The van der Waals surface area contributed by atoms with Gasteiger partial charge in [0.1, 0.15) is 17.2 Å². The summed E-state index contributed by atoms with van der Waals surface area (Å²) in [5, 5.41) is 54.1. The molecule has 17 heteroatoms. The van der Waals surface area contributed by atoms with Crippen LogP contribution in [0.3, 0.4) is 0 Å². The van der Waals surface area contributed by atoms with Gasteiger partial charge in [-0.1, -0.05) is 72.8 Å². The largest absolute Gasteiger partial charge is 0.507 e. The monoisotopic (exact) mass is 1020 g/mol. The van der Waals surface area contributed by atoms with Crippen LogP contribution in [0.15, 0.2) is 108 Å². The van der Waals surface area contributed by atoms with Crippen molar-refractivity contribution >= 4 is 10.0 Å². The van der Waals surface area contributed by atoms with Crippen molar-refractivity contribution in [3.63, 3.8) is 0 Å². The third-order valence-corrected chi connectivity index (χ3v) is 15.4. The van der Waals surface area contributed by atoms with Crippen molar-refractivity contribution in [1.29, 1.82) is 0 Å². The molecule has 4 aliphatic rings. The van der Waals surface area contributed by atoms with Crippen molar-refractivity contribution < 1.29 is 71.8 Å². The van der Waals surface area contributed by atoms with Crippen LogP contribution in [-0.4, -0.2) is 108 Å². The number of para-hydroxylation sites is 3. The van der Waals surface area contributed by atoms with Gasteiger partial charge in [-0.25, -0.2) is 13.1 Å². The molecule has 0 spiro atoms. The Morgan fingerprint density at radius 2 is 0.972 bits per heavy atom. The summed E-state index contributed by atoms with van der Waals surface area (Å²) in [4.78, 5) is 0.139. The lowest BCUT2D eigenvalue weighted by atomic mass is 9.95. The van der Waals surface area contributed by atoms with Crippen LogP contribution in [-0.2, 0) is 47.9 Å². The topological polar surface area (TPSA) is 221 Å². The van der Waals surface area contributed by atoms with E-state index in [9.17, 15) is 34.0 Å². The molecule has 4 aliphatic heterocycles. The summed E-state index contributed by atoms with van der Waals surface area (Å²) in [6.07, 6.45) is 3.30. The van der Waals surface area contributed by atoms with Gasteiger partial charge in [-0.15, -0.1) is 0 Å². The third kappa shape index (κ3) is 15.7. The Labute approximate surface area is 423 Å². The zero-order chi connectivity index (χ0) is 50.5. The summed E-state index contributed by atoms with van der Waals surface area (Å²) in [6, 6.07) is 29.1. The first-order valence-corrected chi connectivity index (χ1v) is 27.3. The molecule has 4 fully saturated rings. The Hall–Kier alpha value is -4.21. The fraction of sp³-hybridized carbons (Fsp3) is 0.564. The predicted molar refractivity (Wildman–Crippen MR) is 265 cm³/mol. The van der Waals surface area contributed by atoms with Gasteiger partial charge < -0.3 is 63.4 Å². The lowest BCUT2D eigenvalue weighted by molar-refractivity contribution is -0.251. The maximum Gasteiger partial charge on any atom is 0.240 e. The number of hydrogen-bond acceptors (Lipinski definition) is 15. The molecule has 8 rings (SSSR count). The van der Waals surface area contributed by atoms with E-state index in [0.29, 0.717) is 107 Å². The first-order valence-electron chi connectivity index (χ1n) is 25.8. The van der Waals surface area contributed by atoms with E-state index in [1.165, 1.54) is 12.1 Å². The molecule has 6 N–H and O–H groups in total. The molecule has 13 unspecified atom stereocenters. The molecule has 16 nitrogen and oxygen atoms in total. The SMILES string of the molecule is CC1CC(CCCC2CC(CC(O)CCCC3CC(CCCC(O)CC4CCOC(c5ccccc5O)O4)OC(c4ccccc4O)O3)OC(CNS(=O)(=O)c3ccccc3)O2)OC(c2ccccc2O)O1. The van der Waals surface area contributed by atoms with Crippen LogP contribution in [0.25, 0.3) is 0 Å². The minimum Gasteiger partial charge on any atom is -0.507 e. The quantitative estimate of drug-likeness (QED) is 0.0409. The number of ether oxygens (including phenoxy) is 8. The molecular formula is C55H73NO15S. The Kier molecular flexibility index (Phi) is 19.8. The fourth-order valence-electron chi connectivity index (χ4n) is 10.3. The summed E-state index contributed by atoms with van der Waals surface area (Å²) in [5.41, 5.74) is 1.70. The molecule has 0 amide bonds. The van der Waals surface area contributed by atoms with Crippen molar-refractivity contribution in [3.05, 3.63) is 120 Å². The van der Waals surface area contributed by atoms with Gasteiger partial charge in [-0.2, -0.15) is 0 Å². The molecule has 4 aromatic rings. The number of aromatic hydroxyl groups is 3. The summed E-state index contributed by atoms with van der Waals surface area (Å²) in [7, 11) is -3.83. The van der Waals surface area contributed by atoms with Crippen LogP contribution in [0.1, 0.15) is 139 Å². The fourth-order valence-corrected chi connectivity index (χ4v) is 11.3. The highest BCUT2D eigenvalue weighted by Gasteiger charge is 2.36. The van der Waals surface area contributed by atoms with E-state index in [0.717, 1.165) is 12.8 Å². The molecule has 0 bridgehead atoms. The van der Waals surface area contributed by atoms with Crippen molar-refractivity contribution in [2.45, 2.75) is 188 Å². The third-order valence-electron chi connectivity index (χ3n) is 14.0. The van der Waals surface area contributed by atoms with Crippen LogP contribution in [0.4, 0.5) is 0 Å². The van der Waals surface area contributed by atoms with Gasteiger partial charge in [0.15, 0.2) is 25.2 Å². The van der Waals surface area contributed by atoms with Crippen LogP contribution in [0, 0.1) is 0 Å². The lowest BCUT2D eigenvalue weighted by Gasteiger charge is -2.38. The Morgan fingerprint density at radius 3 is 1.56 bits per heavy atom. The van der Waals surface area contributed by atoms with Gasteiger partial charge in [0, 0.05) is 29.5 Å². The van der Waals surface area contributed by atoms with Crippen LogP contribution >= 0.6 is 0 Å². The van der Waals surface area contributed by atoms with Crippen molar-refractivity contribution in [2.75, 3.05) is 13.2 Å². The molecule has 394 valence electrons. The van der Waals surface area contributed by atoms with E-state index in [1.807, 2.05) is 25.1 Å². The maximum atomic E-state index is 13.2. The highest BCUT2D eigenvalue weighted by molar-refractivity contribution is 7.89. The van der Waals surface area contributed by atoms with Gasteiger partial charge in [0.25, 0.3) is 0 Å². The van der Waals surface area contributed by atoms with Crippen molar-refractivity contribution in [3.8, 4) is 17.2 Å². The number of hydrogen-bond donors (Lipinski definition) is 6. The number of sulfonamides is 1. The summed E-state index contributed by atoms with van der Waals surface area (Å²) in [6.45, 7) is 2.36. The summed E-state index contributed by atoms with van der Waals surface area (Å²) < 4.78 is 78.8. The molecular weight excluding hydrogens is 947 g/mol. The highest BCUT2D eigenvalue weighted by atomic mass is 32.2. The van der Waals surface area contributed by atoms with E-state index in [4.69, 9.17) is 37.9 Å². The van der Waals surface area contributed by atoms with Gasteiger partial charge in [-0.3, -0.25) is 0 Å². The second-order valence-electron chi connectivity index (χ2n) is 19.7. The van der Waals surface area contributed by atoms with Crippen molar-refractivity contribution in [2.24, 2.45) is 0 Å². The number of benzene rings is 4. The molecule has 0 saturated carbocycles. The number of phenols is 3. The minimum absolute atomic E-state index is 0.0682. The smallest absolute Gasteiger partial charge is 0.240 e. The van der Waals surface area contributed by atoms with Gasteiger partial charge in [0.2, 0.25) is 10.0 Å². The molecule has 4 saturated heterocycles. The molecule has 0 aliphatic carbocycles. The Morgan fingerprint density at radius 1 is 0.528 bits per heavy atom. The number of aliphatic hydroxyl groups excluding tert-OH is 2. The number of rotatable bonds is 23. The molecule has 72 heavy (non-hydrogen) atoms. The van der Waals surface area contributed by atoms with Crippen LogP contribution < -0.4 is 4.72 Å². The van der Waals surface area contributed by atoms with E-state index < -0.39 is 53.5 Å². The summed E-state index contributed by atoms with van der Waals surface area (Å²) >= 11 is 0. The highest BCUT2D eigenvalue weighted by Crippen LogP contribution is 2.39. The average Bonchev–Trinajstić information content (AvgIpc) is 3.36. The van der Waals surface area contributed by atoms with Crippen molar-refractivity contribution in [1.82, 2.24) is 4.72 Å².